The highest BCUT2D eigenvalue weighted by Crippen LogP contribution is 2.27. The van der Waals surface area contributed by atoms with Crippen LogP contribution in [-0.2, 0) is 16.1 Å². The number of nitrogens with zero attached hydrogens (tertiary/aromatic N) is 2. The first kappa shape index (κ1) is 14.2. The number of carbonyl (C=O) groups excluding carboxylic acids is 1. The van der Waals surface area contributed by atoms with E-state index in [9.17, 15) is 9.59 Å². The summed E-state index contributed by atoms with van der Waals surface area (Å²) in [6.07, 6.45) is 2.15. The van der Waals surface area contributed by atoms with Crippen molar-refractivity contribution < 1.29 is 9.53 Å². The van der Waals surface area contributed by atoms with Crippen LogP contribution in [0.3, 0.4) is 0 Å². The molecule has 1 N–H and O–H groups in total. The number of hydrogen-bond donors (Lipinski definition) is 1. The molecule has 2 heterocycles. The van der Waals surface area contributed by atoms with Gasteiger partial charge in [0.1, 0.15) is 10.5 Å². The molecule has 6 nitrogen and oxygen atoms in total. The van der Waals surface area contributed by atoms with Crippen LogP contribution in [0.25, 0.3) is 10.2 Å². The normalized spacial score (nSPS) is 14.8. The molecule has 0 unspecified atom stereocenters. The fraction of sp³-hybridized carbons (Fsp3) is 0.500. The molecule has 3 rings (SSSR count). The molecule has 21 heavy (non-hydrogen) atoms. The molecule has 0 radical (unpaired) electrons. The van der Waals surface area contributed by atoms with Gasteiger partial charge in [0.2, 0.25) is 0 Å². The lowest BCUT2D eigenvalue weighted by molar-refractivity contribution is -0.144. The van der Waals surface area contributed by atoms with Crippen LogP contribution >= 0.6 is 11.3 Å². The summed E-state index contributed by atoms with van der Waals surface area (Å²) >= 11 is 1.38. The van der Waals surface area contributed by atoms with E-state index in [1.165, 1.54) is 11.3 Å². The second-order valence-electron chi connectivity index (χ2n) is 5.09. The minimum Gasteiger partial charge on any atom is -0.465 e. The largest absolute Gasteiger partial charge is 0.465 e. The predicted octanol–water partition coefficient (Wildman–Crippen LogP) is 1.51. The number of esters is 1. The molecule has 0 aromatic carbocycles. The van der Waals surface area contributed by atoms with Gasteiger partial charge >= 0.3 is 5.97 Å². The van der Waals surface area contributed by atoms with Gasteiger partial charge in [-0.25, -0.2) is 4.98 Å². The SMILES string of the molecule is CCOC(=O)CN(Cc1nc2ccsc2c(=O)[nH]1)C1CC1. The summed E-state index contributed by atoms with van der Waals surface area (Å²) in [6.45, 7) is 2.88. The lowest BCUT2D eigenvalue weighted by Gasteiger charge is -2.20. The Hall–Kier alpha value is -1.73. The maximum atomic E-state index is 12.0. The lowest BCUT2D eigenvalue weighted by Crippen LogP contribution is -2.33. The molecule has 112 valence electrons. The lowest BCUT2D eigenvalue weighted by atomic mass is 10.4. The number of H-pyrrole nitrogens is 1. The third kappa shape index (κ3) is 3.30. The third-order valence-corrected chi connectivity index (χ3v) is 4.32. The summed E-state index contributed by atoms with van der Waals surface area (Å²) in [4.78, 5) is 32.9. The fourth-order valence-corrected chi connectivity index (χ4v) is 3.04. The zero-order valence-corrected chi connectivity index (χ0v) is 12.6. The Labute approximate surface area is 125 Å². The molecule has 0 atom stereocenters. The van der Waals surface area contributed by atoms with E-state index in [1.54, 1.807) is 6.92 Å². The first-order valence-electron chi connectivity index (χ1n) is 7.03. The van der Waals surface area contributed by atoms with E-state index < -0.39 is 0 Å². The molecule has 0 saturated heterocycles. The summed E-state index contributed by atoms with van der Waals surface area (Å²) in [5.41, 5.74) is 0.600. The van der Waals surface area contributed by atoms with E-state index in [0.29, 0.717) is 35.2 Å². The van der Waals surface area contributed by atoms with Crippen LogP contribution in [0, 0.1) is 0 Å². The Bertz CT molecular complexity index is 705. The number of carbonyl (C=O) groups is 1. The second kappa shape index (κ2) is 5.95. The standard InChI is InChI=1S/C14H17N3O3S/c1-2-20-12(18)8-17(9-3-4-9)7-11-15-10-5-6-21-13(10)14(19)16-11/h5-6,9H,2-4,7-8H2,1H3,(H,15,16,19). The quantitative estimate of drug-likeness (QED) is 0.819. The Kier molecular flexibility index (Phi) is 4.03. The molecule has 1 fully saturated rings. The fourth-order valence-electron chi connectivity index (χ4n) is 2.32. The van der Waals surface area contributed by atoms with Gasteiger partial charge in [0.05, 0.1) is 25.2 Å². The maximum Gasteiger partial charge on any atom is 0.320 e. The van der Waals surface area contributed by atoms with E-state index >= 15 is 0 Å². The van der Waals surface area contributed by atoms with E-state index in [4.69, 9.17) is 4.74 Å². The molecule has 0 bridgehead atoms. The first-order chi connectivity index (χ1) is 10.2. The summed E-state index contributed by atoms with van der Waals surface area (Å²) < 4.78 is 5.64. The molecule has 7 heteroatoms. The van der Waals surface area contributed by atoms with Gasteiger partial charge in [0.15, 0.2) is 0 Å². The average molecular weight is 307 g/mol. The Balaban J connectivity index is 1.77. The highest BCUT2D eigenvalue weighted by Gasteiger charge is 2.31. The van der Waals surface area contributed by atoms with Crippen molar-refractivity contribution in [2.75, 3.05) is 13.2 Å². The van der Waals surface area contributed by atoms with Gasteiger partial charge in [-0.3, -0.25) is 14.5 Å². The minimum atomic E-state index is -0.233. The predicted molar refractivity (Wildman–Crippen MR) is 80.3 cm³/mol. The smallest absolute Gasteiger partial charge is 0.320 e. The Morgan fingerprint density at radius 3 is 3.10 bits per heavy atom. The summed E-state index contributed by atoms with van der Waals surface area (Å²) in [5, 5.41) is 1.86. The highest BCUT2D eigenvalue weighted by molar-refractivity contribution is 7.17. The minimum absolute atomic E-state index is 0.114. The van der Waals surface area contributed by atoms with Crippen molar-refractivity contribution in [3.8, 4) is 0 Å². The number of aromatic amines is 1. The molecular formula is C14H17N3O3S. The molecule has 2 aromatic heterocycles. The Morgan fingerprint density at radius 1 is 1.57 bits per heavy atom. The molecule has 2 aromatic rings. The third-order valence-electron chi connectivity index (χ3n) is 3.42. The van der Waals surface area contributed by atoms with Gasteiger partial charge in [0, 0.05) is 6.04 Å². The average Bonchev–Trinajstić information content (AvgIpc) is 3.17. The van der Waals surface area contributed by atoms with E-state index in [-0.39, 0.29) is 18.1 Å². The summed E-state index contributed by atoms with van der Waals surface area (Å²) in [5.74, 6) is 0.366. The van der Waals surface area contributed by atoms with Gasteiger partial charge in [-0.1, -0.05) is 0 Å². The first-order valence-corrected chi connectivity index (χ1v) is 7.91. The van der Waals surface area contributed by atoms with Gasteiger partial charge in [-0.05, 0) is 31.2 Å². The van der Waals surface area contributed by atoms with Crippen molar-refractivity contribution in [1.82, 2.24) is 14.9 Å². The van der Waals surface area contributed by atoms with Crippen molar-refractivity contribution in [3.63, 3.8) is 0 Å². The summed E-state index contributed by atoms with van der Waals surface area (Å²) in [7, 11) is 0. The van der Waals surface area contributed by atoms with Crippen LogP contribution < -0.4 is 5.56 Å². The van der Waals surface area contributed by atoms with E-state index in [2.05, 4.69) is 9.97 Å². The van der Waals surface area contributed by atoms with E-state index in [0.717, 1.165) is 12.8 Å². The number of ether oxygens (including phenoxy) is 1. The van der Waals surface area contributed by atoms with Gasteiger partial charge < -0.3 is 9.72 Å². The number of thiophene rings is 1. The Morgan fingerprint density at radius 2 is 2.38 bits per heavy atom. The van der Waals surface area contributed by atoms with Crippen molar-refractivity contribution in [2.45, 2.75) is 32.4 Å². The van der Waals surface area contributed by atoms with Gasteiger partial charge in [0.25, 0.3) is 5.56 Å². The zero-order valence-electron chi connectivity index (χ0n) is 11.8. The van der Waals surface area contributed by atoms with Crippen molar-refractivity contribution in [2.24, 2.45) is 0 Å². The van der Waals surface area contributed by atoms with Crippen molar-refractivity contribution in [1.29, 1.82) is 0 Å². The molecule has 1 aliphatic carbocycles. The second-order valence-corrected chi connectivity index (χ2v) is 6.00. The monoisotopic (exact) mass is 307 g/mol. The van der Waals surface area contributed by atoms with Crippen LogP contribution in [0.15, 0.2) is 16.2 Å². The van der Waals surface area contributed by atoms with Crippen LogP contribution in [0.1, 0.15) is 25.6 Å². The van der Waals surface area contributed by atoms with Crippen LogP contribution in [0.5, 0.6) is 0 Å². The van der Waals surface area contributed by atoms with Crippen LogP contribution in [0.2, 0.25) is 0 Å². The van der Waals surface area contributed by atoms with Crippen molar-refractivity contribution >= 4 is 27.5 Å². The zero-order chi connectivity index (χ0) is 14.8. The molecule has 0 amide bonds. The topological polar surface area (TPSA) is 75.3 Å². The molecular weight excluding hydrogens is 290 g/mol. The summed E-state index contributed by atoms with van der Waals surface area (Å²) in [6, 6.07) is 2.23. The molecule has 0 aliphatic heterocycles. The van der Waals surface area contributed by atoms with Crippen LogP contribution in [-0.4, -0.2) is 40.0 Å². The number of aromatic nitrogens is 2. The van der Waals surface area contributed by atoms with Gasteiger partial charge in [-0.2, -0.15) is 0 Å². The molecule has 1 aliphatic rings. The van der Waals surface area contributed by atoms with Gasteiger partial charge in [-0.15, -0.1) is 11.3 Å². The number of nitrogens with one attached hydrogen (secondary N) is 1. The molecule has 0 spiro atoms. The maximum absolute atomic E-state index is 12.0. The number of rotatable bonds is 6. The number of hydrogen-bond acceptors (Lipinski definition) is 6. The highest BCUT2D eigenvalue weighted by atomic mass is 32.1. The van der Waals surface area contributed by atoms with Crippen LogP contribution in [0.4, 0.5) is 0 Å². The van der Waals surface area contributed by atoms with E-state index in [1.807, 2.05) is 16.3 Å². The molecule has 1 saturated carbocycles. The van der Waals surface area contributed by atoms with Crippen molar-refractivity contribution in [3.05, 3.63) is 27.6 Å². The number of fused-ring (bicyclic) bond motifs is 1.